The van der Waals surface area contributed by atoms with E-state index in [4.69, 9.17) is 0 Å². The zero-order chi connectivity index (χ0) is 17.4. The van der Waals surface area contributed by atoms with Crippen molar-refractivity contribution >= 4 is 29.9 Å². The Morgan fingerprint density at radius 3 is 2.00 bits per heavy atom. The van der Waals surface area contributed by atoms with Gasteiger partial charge in [0.25, 0.3) is 0 Å². The van der Waals surface area contributed by atoms with Crippen LogP contribution in [0, 0.1) is 17.5 Å². The zero-order valence-corrected chi connectivity index (χ0v) is 16.2. The fraction of sp³-hybridized carbons (Fsp3) is 0.278. The molecular weight excluding hydrogens is 442 g/mol. The van der Waals surface area contributed by atoms with Gasteiger partial charge in [-0.05, 0) is 36.6 Å². The van der Waals surface area contributed by atoms with E-state index in [9.17, 15) is 13.2 Å². The molecule has 0 aliphatic rings. The Bertz CT molecular complexity index is 687. The summed E-state index contributed by atoms with van der Waals surface area (Å²) in [6, 6.07) is 10.4. The average Bonchev–Trinajstić information content (AvgIpc) is 2.57. The summed E-state index contributed by atoms with van der Waals surface area (Å²) >= 11 is 0. The summed E-state index contributed by atoms with van der Waals surface area (Å²) < 4.78 is 40.6. The second-order valence-corrected chi connectivity index (χ2v) is 5.22. The fourth-order valence-corrected chi connectivity index (χ4v) is 2.31. The molecule has 0 amide bonds. The number of benzene rings is 2. The van der Waals surface area contributed by atoms with Crippen LogP contribution in [0.4, 0.5) is 13.2 Å². The predicted octanol–water partition coefficient (Wildman–Crippen LogP) is 3.67. The van der Waals surface area contributed by atoms with E-state index in [0.29, 0.717) is 31.0 Å². The van der Waals surface area contributed by atoms with Gasteiger partial charge in [-0.25, -0.2) is 13.2 Å². The Morgan fingerprint density at radius 1 is 0.840 bits per heavy atom. The summed E-state index contributed by atoms with van der Waals surface area (Å²) in [7, 11) is 1.60. The molecule has 7 heteroatoms. The summed E-state index contributed by atoms with van der Waals surface area (Å²) in [6.45, 7) is 0.825. The normalized spacial score (nSPS) is 11.0. The smallest absolute Gasteiger partial charge is 0.190 e. The second-order valence-electron chi connectivity index (χ2n) is 5.22. The Kier molecular flexibility index (Phi) is 9.33. The van der Waals surface area contributed by atoms with Crippen LogP contribution >= 0.6 is 24.0 Å². The minimum Gasteiger partial charge on any atom is -0.356 e. The maximum absolute atomic E-state index is 13.5. The van der Waals surface area contributed by atoms with Crippen LogP contribution in [0.25, 0.3) is 0 Å². The fourth-order valence-electron chi connectivity index (χ4n) is 2.31. The molecular formula is C18H21F3IN3. The van der Waals surface area contributed by atoms with Crippen LogP contribution in [0.1, 0.15) is 11.1 Å². The lowest BCUT2D eigenvalue weighted by Gasteiger charge is -2.12. The largest absolute Gasteiger partial charge is 0.356 e. The number of aliphatic imine (C=N–C) groups is 1. The molecule has 0 unspecified atom stereocenters. The molecule has 2 aromatic rings. The third-order valence-corrected chi connectivity index (χ3v) is 3.60. The van der Waals surface area contributed by atoms with Crippen LogP contribution in [-0.2, 0) is 12.8 Å². The third kappa shape index (κ3) is 6.56. The lowest BCUT2D eigenvalue weighted by Crippen LogP contribution is -2.39. The number of rotatable bonds is 6. The molecule has 0 radical (unpaired) electrons. The Hall–Kier alpha value is -1.77. The minimum absolute atomic E-state index is 0. The second kappa shape index (κ2) is 11.0. The minimum atomic E-state index is -0.556. The molecule has 0 saturated carbocycles. The van der Waals surface area contributed by atoms with Gasteiger partial charge in [0.1, 0.15) is 17.5 Å². The van der Waals surface area contributed by atoms with Crippen LogP contribution in [0.15, 0.2) is 47.5 Å². The van der Waals surface area contributed by atoms with Crippen molar-refractivity contribution in [2.75, 3.05) is 20.1 Å². The number of nitrogens with one attached hydrogen (secondary N) is 2. The SMILES string of the molecule is CN=C(NCCc1ccccc1F)NCCc1c(F)cccc1F.I. The summed E-state index contributed by atoms with van der Waals surface area (Å²) in [5, 5.41) is 6.03. The van der Waals surface area contributed by atoms with Crippen molar-refractivity contribution in [2.24, 2.45) is 4.99 Å². The summed E-state index contributed by atoms with van der Waals surface area (Å²) in [5.74, 6) is -0.848. The van der Waals surface area contributed by atoms with Gasteiger partial charge >= 0.3 is 0 Å². The van der Waals surface area contributed by atoms with E-state index in [1.807, 2.05) is 0 Å². The van der Waals surface area contributed by atoms with E-state index in [0.717, 1.165) is 0 Å². The van der Waals surface area contributed by atoms with Gasteiger partial charge in [0, 0.05) is 25.7 Å². The van der Waals surface area contributed by atoms with Crippen LogP contribution in [0.5, 0.6) is 0 Å². The number of hydrogen-bond donors (Lipinski definition) is 2. The van der Waals surface area contributed by atoms with Crippen molar-refractivity contribution in [3.63, 3.8) is 0 Å². The Morgan fingerprint density at radius 2 is 1.40 bits per heavy atom. The van der Waals surface area contributed by atoms with Gasteiger partial charge in [0.2, 0.25) is 0 Å². The first-order chi connectivity index (χ1) is 11.6. The number of hydrogen-bond acceptors (Lipinski definition) is 1. The maximum Gasteiger partial charge on any atom is 0.190 e. The highest BCUT2D eigenvalue weighted by atomic mass is 127. The first kappa shape index (κ1) is 21.3. The number of halogens is 4. The quantitative estimate of drug-likeness (QED) is 0.390. The van der Waals surface area contributed by atoms with Gasteiger partial charge in [-0.3, -0.25) is 4.99 Å². The molecule has 0 aliphatic carbocycles. The van der Waals surface area contributed by atoms with E-state index in [2.05, 4.69) is 15.6 Å². The van der Waals surface area contributed by atoms with Crippen molar-refractivity contribution in [3.8, 4) is 0 Å². The van der Waals surface area contributed by atoms with Crippen LogP contribution < -0.4 is 10.6 Å². The first-order valence-electron chi connectivity index (χ1n) is 7.72. The number of guanidine groups is 1. The van der Waals surface area contributed by atoms with E-state index in [-0.39, 0.29) is 41.8 Å². The van der Waals surface area contributed by atoms with Crippen LogP contribution in [0.3, 0.4) is 0 Å². The van der Waals surface area contributed by atoms with Gasteiger partial charge in [-0.15, -0.1) is 24.0 Å². The van der Waals surface area contributed by atoms with Crippen molar-refractivity contribution in [1.29, 1.82) is 0 Å². The summed E-state index contributed by atoms with van der Waals surface area (Å²) in [5.41, 5.74) is 0.667. The lowest BCUT2D eigenvalue weighted by molar-refractivity contribution is 0.553. The topological polar surface area (TPSA) is 36.4 Å². The highest BCUT2D eigenvalue weighted by Crippen LogP contribution is 2.12. The highest BCUT2D eigenvalue weighted by Gasteiger charge is 2.08. The molecule has 0 bridgehead atoms. The van der Waals surface area contributed by atoms with Gasteiger partial charge in [-0.1, -0.05) is 24.3 Å². The molecule has 0 aliphatic heterocycles. The molecule has 0 heterocycles. The van der Waals surface area contributed by atoms with Gasteiger partial charge < -0.3 is 10.6 Å². The zero-order valence-electron chi connectivity index (χ0n) is 13.9. The summed E-state index contributed by atoms with van der Waals surface area (Å²) in [4.78, 5) is 4.03. The van der Waals surface area contributed by atoms with E-state index >= 15 is 0 Å². The maximum atomic E-state index is 13.5. The van der Waals surface area contributed by atoms with Crippen molar-refractivity contribution in [3.05, 3.63) is 71.0 Å². The monoisotopic (exact) mass is 463 g/mol. The molecule has 3 nitrogen and oxygen atoms in total. The van der Waals surface area contributed by atoms with Gasteiger partial charge in [-0.2, -0.15) is 0 Å². The van der Waals surface area contributed by atoms with Gasteiger partial charge in [0.15, 0.2) is 5.96 Å². The summed E-state index contributed by atoms with van der Waals surface area (Å²) in [6.07, 6.45) is 0.710. The van der Waals surface area contributed by atoms with Crippen molar-refractivity contribution in [2.45, 2.75) is 12.8 Å². The Balaban J connectivity index is 0.00000312. The molecule has 0 atom stereocenters. The van der Waals surface area contributed by atoms with Crippen molar-refractivity contribution in [1.82, 2.24) is 10.6 Å². The molecule has 2 aromatic carbocycles. The molecule has 2 rings (SSSR count). The first-order valence-corrected chi connectivity index (χ1v) is 7.72. The van der Waals surface area contributed by atoms with E-state index in [1.54, 1.807) is 25.2 Å². The standard InChI is InChI=1S/C18H20F3N3.HI/c1-22-18(23-11-9-13-5-2-3-6-15(13)19)24-12-10-14-16(20)7-4-8-17(14)21;/h2-8H,9-12H2,1H3,(H2,22,23,24);1H. The van der Waals surface area contributed by atoms with E-state index in [1.165, 1.54) is 24.3 Å². The lowest BCUT2D eigenvalue weighted by atomic mass is 10.1. The molecule has 25 heavy (non-hydrogen) atoms. The van der Waals surface area contributed by atoms with Crippen molar-refractivity contribution < 1.29 is 13.2 Å². The molecule has 0 spiro atoms. The predicted molar refractivity (Wildman–Crippen MR) is 105 cm³/mol. The molecule has 0 aromatic heterocycles. The van der Waals surface area contributed by atoms with Crippen LogP contribution in [-0.4, -0.2) is 26.1 Å². The molecule has 136 valence electrons. The number of nitrogens with zero attached hydrogens (tertiary/aromatic N) is 1. The van der Waals surface area contributed by atoms with E-state index < -0.39 is 11.6 Å². The third-order valence-electron chi connectivity index (χ3n) is 3.60. The average molecular weight is 463 g/mol. The molecule has 2 N–H and O–H groups in total. The molecule has 0 saturated heterocycles. The molecule has 0 fully saturated rings. The van der Waals surface area contributed by atoms with Crippen LogP contribution in [0.2, 0.25) is 0 Å². The van der Waals surface area contributed by atoms with Gasteiger partial charge in [0.05, 0.1) is 0 Å². The highest BCUT2D eigenvalue weighted by molar-refractivity contribution is 14.0. The Labute approximate surface area is 162 Å².